The Morgan fingerprint density at radius 1 is 1.29 bits per heavy atom. The first-order valence-corrected chi connectivity index (χ1v) is 6.33. The van der Waals surface area contributed by atoms with Crippen LogP contribution in [0.5, 0.6) is 0 Å². The highest BCUT2D eigenvalue weighted by Gasteiger charge is 2.21. The Hall–Kier alpha value is -1.13. The van der Waals surface area contributed by atoms with Crippen LogP contribution in [0.3, 0.4) is 0 Å². The van der Waals surface area contributed by atoms with Crippen molar-refractivity contribution in [1.29, 1.82) is 0 Å². The molecule has 17 heavy (non-hydrogen) atoms. The number of hydrogen-bond acceptors (Lipinski definition) is 2. The van der Waals surface area contributed by atoms with Gasteiger partial charge in [-0.25, -0.2) is 4.98 Å². The number of imidazole rings is 1. The highest BCUT2D eigenvalue weighted by Crippen LogP contribution is 2.26. The second kappa shape index (κ2) is 4.63. The van der Waals surface area contributed by atoms with E-state index in [0.717, 1.165) is 15.7 Å². The highest BCUT2D eigenvalue weighted by atomic mass is 79.9. The van der Waals surface area contributed by atoms with Gasteiger partial charge in [0.25, 0.3) is 0 Å². The fourth-order valence-electron chi connectivity index (χ4n) is 1.71. The van der Waals surface area contributed by atoms with E-state index >= 15 is 0 Å². The second-order valence-corrected chi connectivity index (χ2v) is 5.59. The molecule has 2 N–H and O–H groups in total. The minimum absolute atomic E-state index is 0.126. The third kappa shape index (κ3) is 2.42. The Morgan fingerprint density at radius 2 is 1.94 bits per heavy atom. The van der Waals surface area contributed by atoms with Crippen LogP contribution in [0.4, 0.5) is 0 Å². The van der Waals surface area contributed by atoms with Crippen molar-refractivity contribution in [1.82, 2.24) is 9.55 Å². The summed E-state index contributed by atoms with van der Waals surface area (Å²) < 4.78 is 3.20. The van der Waals surface area contributed by atoms with Gasteiger partial charge in [-0.2, -0.15) is 0 Å². The molecule has 0 atom stereocenters. The predicted molar refractivity (Wildman–Crippen MR) is 73.7 cm³/mol. The molecule has 0 fully saturated rings. The van der Waals surface area contributed by atoms with Gasteiger partial charge in [-0.05, 0) is 31.5 Å². The van der Waals surface area contributed by atoms with Crippen LogP contribution in [-0.2, 0) is 5.54 Å². The van der Waals surface area contributed by atoms with Crippen molar-refractivity contribution in [2.75, 3.05) is 6.54 Å². The fourth-order valence-corrected chi connectivity index (χ4v) is 1.97. The van der Waals surface area contributed by atoms with Crippen molar-refractivity contribution in [2.45, 2.75) is 19.4 Å². The van der Waals surface area contributed by atoms with Gasteiger partial charge in [0.1, 0.15) is 0 Å². The largest absolute Gasteiger partial charge is 0.328 e. The van der Waals surface area contributed by atoms with Crippen molar-refractivity contribution in [3.05, 3.63) is 41.3 Å². The molecule has 0 radical (unpaired) electrons. The normalized spacial score (nSPS) is 11.8. The molecule has 2 rings (SSSR count). The molecule has 2 aromatic rings. The summed E-state index contributed by atoms with van der Waals surface area (Å²) in [5, 5.41) is 0. The zero-order valence-electron chi connectivity index (χ0n) is 10.0. The maximum Gasteiger partial charge on any atom is 0.0956 e. The minimum Gasteiger partial charge on any atom is -0.328 e. The van der Waals surface area contributed by atoms with E-state index in [2.05, 4.69) is 51.5 Å². The molecule has 0 spiro atoms. The molecular formula is C13H16BrN3. The molecule has 0 aliphatic rings. The van der Waals surface area contributed by atoms with Gasteiger partial charge in [0.15, 0.2) is 0 Å². The monoisotopic (exact) mass is 293 g/mol. The van der Waals surface area contributed by atoms with Crippen molar-refractivity contribution >= 4 is 15.9 Å². The highest BCUT2D eigenvalue weighted by molar-refractivity contribution is 9.10. The van der Waals surface area contributed by atoms with Gasteiger partial charge >= 0.3 is 0 Å². The van der Waals surface area contributed by atoms with E-state index in [4.69, 9.17) is 5.73 Å². The molecule has 3 nitrogen and oxygen atoms in total. The average molecular weight is 294 g/mol. The van der Waals surface area contributed by atoms with Crippen LogP contribution in [0, 0.1) is 0 Å². The molecule has 0 bridgehead atoms. The molecule has 0 saturated heterocycles. The van der Waals surface area contributed by atoms with Crippen LogP contribution in [0.15, 0.2) is 41.3 Å². The number of rotatable bonds is 3. The smallest absolute Gasteiger partial charge is 0.0956 e. The molecule has 0 unspecified atom stereocenters. The molecular weight excluding hydrogens is 278 g/mol. The third-order valence-electron chi connectivity index (χ3n) is 2.93. The predicted octanol–water partition coefficient (Wildman–Crippen LogP) is 3.01. The van der Waals surface area contributed by atoms with Crippen molar-refractivity contribution in [3.8, 4) is 11.3 Å². The van der Waals surface area contributed by atoms with Crippen molar-refractivity contribution < 1.29 is 0 Å². The minimum atomic E-state index is -0.126. The molecule has 1 aromatic carbocycles. The number of nitrogens with zero attached hydrogens (tertiary/aromatic N) is 2. The first-order chi connectivity index (χ1) is 8.04. The number of nitrogens with two attached hydrogens (primary N) is 1. The van der Waals surface area contributed by atoms with E-state index in [9.17, 15) is 0 Å². The van der Waals surface area contributed by atoms with Gasteiger partial charge in [-0.15, -0.1) is 0 Å². The summed E-state index contributed by atoms with van der Waals surface area (Å²) in [7, 11) is 0. The zero-order valence-corrected chi connectivity index (χ0v) is 11.6. The van der Waals surface area contributed by atoms with Gasteiger partial charge in [-0.3, -0.25) is 0 Å². The zero-order chi connectivity index (χ0) is 12.5. The summed E-state index contributed by atoms with van der Waals surface area (Å²) in [6.07, 6.45) is 3.71. The number of benzene rings is 1. The number of aromatic nitrogens is 2. The van der Waals surface area contributed by atoms with E-state index in [1.165, 1.54) is 0 Å². The molecule has 4 heteroatoms. The van der Waals surface area contributed by atoms with E-state index < -0.39 is 0 Å². The van der Waals surface area contributed by atoms with Gasteiger partial charge < -0.3 is 10.3 Å². The molecule has 0 aliphatic carbocycles. The Kier molecular flexibility index (Phi) is 3.35. The molecule has 0 saturated carbocycles. The maximum atomic E-state index is 5.81. The molecule has 0 amide bonds. The van der Waals surface area contributed by atoms with Crippen LogP contribution in [-0.4, -0.2) is 16.1 Å². The van der Waals surface area contributed by atoms with Crippen LogP contribution in [0.25, 0.3) is 11.3 Å². The second-order valence-electron chi connectivity index (χ2n) is 4.67. The van der Waals surface area contributed by atoms with Crippen LogP contribution in [0.1, 0.15) is 13.8 Å². The Labute approximate surface area is 110 Å². The lowest BCUT2D eigenvalue weighted by Gasteiger charge is -2.27. The molecule has 0 aliphatic heterocycles. The maximum absolute atomic E-state index is 5.81. The van der Waals surface area contributed by atoms with E-state index in [0.29, 0.717) is 6.54 Å². The molecule has 1 aromatic heterocycles. The summed E-state index contributed by atoms with van der Waals surface area (Å²) in [6, 6.07) is 8.21. The van der Waals surface area contributed by atoms with E-state index in [-0.39, 0.29) is 5.54 Å². The SMILES string of the molecule is CC(C)(CN)n1cncc1-c1ccc(Br)cc1. The Bertz CT molecular complexity index is 500. The summed E-state index contributed by atoms with van der Waals surface area (Å²) >= 11 is 3.44. The molecule has 1 heterocycles. The van der Waals surface area contributed by atoms with Crippen LogP contribution < -0.4 is 5.73 Å². The van der Waals surface area contributed by atoms with Gasteiger partial charge in [0, 0.05) is 11.0 Å². The lowest BCUT2D eigenvalue weighted by Crippen LogP contribution is -2.34. The Morgan fingerprint density at radius 3 is 2.53 bits per heavy atom. The first kappa shape index (κ1) is 12.3. The average Bonchev–Trinajstić information content (AvgIpc) is 2.80. The first-order valence-electron chi connectivity index (χ1n) is 5.53. The summed E-state index contributed by atoms with van der Waals surface area (Å²) in [5.41, 5.74) is 7.92. The van der Waals surface area contributed by atoms with Crippen molar-refractivity contribution in [2.24, 2.45) is 5.73 Å². The summed E-state index contributed by atoms with van der Waals surface area (Å²) in [4.78, 5) is 4.23. The van der Waals surface area contributed by atoms with Crippen molar-refractivity contribution in [3.63, 3.8) is 0 Å². The third-order valence-corrected chi connectivity index (χ3v) is 3.46. The standard InChI is InChI=1S/C13H16BrN3/c1-13(2,8-15)17-9-16-7-12(17)10-3-5-11(14)6-4-10/h3-7,9H,8,15H2,1-2H3. The summed E-state index contributed by atoms with van der Waals surface area (Å²) in [6.45, 7) is 4.79. The molecule has 90 valence electrons. The lowest BCUT2D eigenvalue weighted by atomic mass is 10.0. The fraction of sp³-hybridized carbons (Fsp3) is 0.308. The van der Waals surface area contributed by atoms with Gasteiger partial charge in [0.2, 0.25) is 0 Å². The lowest BCUT2D eigenvalue weighted by molar-refractivity contribution is 0.370. The van der Waals surface area contributed by atoms with E-state index in [1.807, 2.05) is 24.7 Å². The van der Waals surface area contributed by atoms with Crippen LogP contribution >= 0.6 is 15.9 Å². The van der Waals surface area contributed by atoms with E-state index in [1.54, 1.807) is 0 Å². The number of halogens is 1. The quantitative estimate of drug-likeness (QED) is 0.945. The summed E-state index contributed by atoms with van der Waals surface area (Å²) in [5.74, 6) is 0. The van der Waals surface area contributed by atoms with Gasteiger partial charge in [-0.1, -0.05) is 28.1 Å². The number of hydrogen-bond donors (Lipinski definition) is 1. The van der Waals surface area contributed by atoms with Crippen LogP contribution in [0.2, 0.25) is 0 Å². The Balaban J connectivity index is 2.47. The van der Waals surface area contributed by atoms with Gasteiger partial charge in [0.05, 0.1) is 23.8 Å². The topological polar surface area (TPSA) is 43.8 Å².